The van der Waals surface area contributed by atoms with Crippen molar-refractivity contribution in [2.24, 2.45) is 11.7 Å². The van der Waals surface area contributed by atoms with Crippen LogP contribution in [0.25, 0.3) is 0 Å². The van der Waals surface area contributed by atoms with Crippen LogP contribution >= 0.6 is 0 Å². The second kappa shape index (κ2) is 7.90. The number of carbonyl (C=O) groups is 1. The molecule has 1 aliphatic heterocycles. The van der Waals surface area contributed by atoms with E-state index in [9.17, 15) is 4.79 Å². The lowest BCUT2D eigenvalue weighted by Gasteiger charge is -2.43. The van der Waals surface area contributed by atoms with Gasteiger partial charge in [0.05, 0.1) is 5.92 Å². The standard InChI is InChI=1S/C18H29N3O2/c1-14(16(19)15-7-5-4-6-8-15)17(22)20-13-18(21(2)3)9-11-23-12-10-18/h4-8,14,16H,9-13,19H2,1-3H3,(H,20,22). The van der Waals surface area contributed by atoms with Crippen molar-refractivity contribution in [3.8, 4) is 0 Å². The van der Waals surface area contributed by atoms with Crippen molar-refractivity contribution in [1.82, 2.24) is 10.2 Å². The number of nitrogens with two attached hydrogens (primary N) is 1. The van der Waals surface area contributed by atoms with Crippen LogP contribution in [-0.4, -0.2) is 50.2 Å². The molecule has 5 heteroatoms. The zero-order chi connectivity index (χ0) is 16.9. The molecule has 1 fully saturated rings. The Hall–Kier alpha value is -1.43. The molecule has 23 heavy (non-hydrogen) atoms. The minimum Gasteiger partial charge on any atom is -0.381 e. The number of amides is 1. The third-order valence-corrected chi connectivity index (χ3v) is 5.10. The summed E-state index contributed by atoms with van der Waals surface area (Å²) in [5.41, 5.74) is 7.22. The minimum absolute atomic E-state index is 0.00840. The number of ether oxygens (including phenoxy) is 1. The fourth-order valence-corrected chi connectivity index (χ4v) is 3.07. The summed E-state index contributed by atoms with van der Waals surface area (Å²) in [6, 6.07) is 9.49. The molecule has 0 radical (unpaired) electrons. The number of nitrogens with zero attached hydrogens (tertiary/aromatic N) is 1. The Morgan fingerprint density at radius 3 is 2.48 bits per heavy atom. The lowest BCUT2D eigenvalue weighted by Crippen LogP contribution is -2.56. The Morgan fingerprint density at radius 2 is 1.91 bits per heavy atom. The predicted octanol–water partition coefficient (Wildman–Crippen LogP) is 1.55. The Morgan fingerprint density at radius 1 is 1.30 bits per heavy atom. The maximum Gasteiger partial charge on any atom is 0.224 e. The third kappa shape index (κ3) is 4.31. The van der Waals surface area contributed by atoms with Gasteiger partial charge in [-0.1, -0.05) is 37.3 Å². The van der Waals surface area contributed by atoms with Crippen LogP contribution in [0.2, 0.25) is 0 Å². The monoisotopic (exact) mass is 319 g/mol. The number of rotatable bonds is 6. The third-order valence-electron chi connectivity index (χ3n) is 5.10. The van der Waals surface area contributed by atoms with Crippen molar-refractivity contribution >= 4 is 5.91 Å². The maximum atomic E-state index is 12.5. The van der Waals surface area contributed by atoms with Gasteiger partial charge in [0.25, 0.3) is 0 Å². The summed E-state index contributed by atoms with van der Waals surface area (Å²) >= 11 is 0. The van der Waals surface area contributed by atoms with E-state index in [1.807, 2.05) is 37.3 Å². The van der Waals surface area contributed by atoms with Gasteiger partial charge in [-0.2, -0.15) is 0 Å². The molecule has 1 aromatic rings. The molecule has 0 spiro atoms. The van der Waals surface area contributed by atoms with Crippen LogP contribution in [0.5, 0.6) is 0 Å². The fourth-order valence-electron chi connectivity index (χ4n) is 3.07. The molecule has 2 rings (SSSR count). The van der Waals surface area contributed by atoms with E-state index in [0.717, 1.165) is 31.6 Å². The van der Waals surface area contributed by atoms with Gasteiger partial charge in [-0.15, -0.1) is 0 Å². The van der Waals surface area contributed by atoms with E-state index >= 15 is 0 Å². The van der Waals surface area contributed by atoms with E-state index in [4.69, 9.17) is 10.5 Å². The average Bonchev–Trinajstić information content (AvgIpc) is 2.59. The zero-order valence-corrected chi connectivity index (χ0v) is 14.4. The van der Waals surface area contributed by atoms with E-state index in [2.05, 4.69) is 24.3 Å². The van der Waals surface area contributed by atoms with Gasteiger partial charge in [0, 0.05) is 31.3 Å². The summed E-state index contributed by atoms with van der Waals surface area (Å²) in [5.74, 6) is -0.259. The molecule has 2 atom stereocenters. The van der Waals surface area contributed by atoms with E-state index in [-0.39, 0.29) is 23.4 Å². The van der Waals surface area contributed by atoms with Gasteiger partial charge < -0.3 is 20.7 Å². The fraction of sp³-hybridized carbons (Fsp3) is 0.611. The Labute approximate surface area is 139 Å². The van der Waals surface area contributed by atoms with E-state index < -0.39 is 0 Å². The summed E-state index contributed by atoms with van der Waals surface area (Å²) in [5, 5.41) is 3.11. The summed E-state index contributed by atoms with van der Waals surface area (Å²) in [6.45, 7) is 4.01. The Bertz CT molecular complexity index is 498. The first-order valence-electron chi connectivity index (χ1n) is 8.30. The summed E-state index contributed by atoms with van der Waals surface area (Å²) in [7, 11) is 4.13. The molecule has 0 aromatic heterocycles. The summed E-state index contributed by atoms with van der Waals surface area (Å²) < 4.78 is 5.47. The van der Waals surface area contributed by atoms with E-state index in [0.29, 0.717) is 6.54 Å². The number of carbonyl (C=O) groups excluding carboxylic acids is 1. The molecule has 1 aromatic carbocycles. The van der Waals surface area contributed by atoms with Gasteiger partial charge in [-0.3, -0.25) is 4.79 Å². The van der Waals surface area contributed by atoms with Crippen molar-refractivity contribution in [1.29, 1.82) is 0 Å². The largest absolute Gasteiger partial charge is 0.381 e. The molecule has 0 aliphatic carbocycles. The number of hydrogen-bond donors (Lipinski definition) is 2. The molecule has 1 heterocycles. The first-order chi connectivity index (χ1) is 11.0. The lowest BCUT2D eigenvalue weighted by atomic mass is 9.88. The molecule has 0 saturated carbocycles. The smallest absolute Gasteiger partial charge is 0.224 e. The maximum absolute atomic E-state index is 12.5. The van der Waals surface area contributed by atoms with Crippen molar-refractivity contribution in [2.45, 2.75) is 31.3 Å². The Balaban J connectivity index is 1.95. The highest BCUT2D eigenvalue weighted by molar-refractivity contribution is 5.79. The highest BCUT2D eigenvalue weighted by Gasteiger charge is 2.35. The molecule has 2 unspecified atom stereocenters. The molecule has 3 N–H and O–H groups in total. The lowest BCUT2D eigenvalue weighted by molar-refractivity contribution is -0.126. The van der Waals surface area contributed by atoms with Crippen LogP contribution in [0.1, 0.15) is 31.4 Å². The van der Waals surface area contributed by atoms with Crippen LogP contribution in [0, 0.1) is 5.92 Å². The second-order valence-electron chi connectivity index (χ2n) is 6.67. The molecule has 1 saturated heterocycles. The highest BCUT2D eigenvalue weighted by Crippen LogP contribution is 2.26. The number of nitrogens with one attached hydrogen (secondary N) is 1. The first kappa shape index (κ1) is 17.9. The zero-order valence-electron chi connectivity index (χ0n) is 14.4. The van der Waals surface area contributed by atoms with E-state index in [1.165, 1.54) is 0 Å². The normalized spacial score (nSPS) is 20.0. The van der Waals surface area contributed by atoms with Crippen LogP contribution in [0.3, 0.4) is 0 Å². The van der Waals surface area contributed by atoms with Gasteiger partial charge in [-0.05, 0) is 32.5 Å². The van der Waals surface area contributed by atoms with Crippen LogP contribution in [-0.2, 0) is 9.53 Å². The summed E-state index contributed by atoms with van der Waals surface area (Å²) in [4.78, 5) is 14.7. The van der Waals surface area contributed by atoms with E-state index in [1.54, 1.807) is 0 Å². The molecule has 128 valence electrons. The molecular weight excluding hydrogens is 290 g/mol. The minimum atomic E-state index is -0.291. The number of likely N-dealkylation sites (N-methyl/N-ethyl adjacent to an activating group) is 1. The topological polar surface area (TPSA) is 67.6 Å². The van der Waals surface area contributed by atoms with Gasteiger partial charge >= 0.3 is 0 Å². The molecule has 0 bridgehead atoms. The van der Waals surface area contributed by atoms with Crippen LogP contribution in [0.4, 0.5) is 0 Å². The molecule has 1 aliphatic rings. The molecule has 5 nitrogen and oxygen atoms in total. The molecular formula is C18H29N3O2. The summed E-state index contributed by atoms with van der Waals surface area (Å²) in [6.07, 6.45) is 1.86. The SMILES string of the molecule is CC(C(=O)NCC1(N(C)C)CCOCC1)C(N)c1ccccc1. The van der Waals surface area contributed by atoms with Crippen molar-refractivity contribution < 1.29 is 9.53 Å². The van der Waals surface area contributed by atoms with Gasteiger partial charge in [0.1, 0.15) is 0 Å². The predicted molar refractivity (Wildman–Crippen MR) is 92.0 cm³/mol. The molecule has 1 amide bonds. The van der Waals surface area contributed by atoms with Crippen molar-refractivity contribution in [3.63, 3.8) is 0 Å². The quantitative estimate of drug-likeness (QED) is 0.835. The highest BCUT2D eigenvalue weighted by atomic mass is 16.5. The van der Waals surface area contributed by atoms with Gasteiger partial charge in [0.15, 0.2) is 0 Å². The average molecular weight is 319 g/mol. The van der Waals surface area contributed by atoms with Crippen LogP contribution < -0.4 is 11.1 Å². The Kier molecular flexibility index (Phi) is 6.16. The number of benzene rings is 1. The number of hydrogen-bond acceptors (Lipinski definition) is 4. The van der Waals surface area contributed by atoms with Crippen LogP contribution in [0.15, 0.2) is 30.3 Å². The van der Waals surface area contributed by atoms with Crippen molar-refractivity contribution in [3.05, 3.63) is 35.9 Å². The van der Waals surface area contributed by atoms with Crippen molar-refractivity contribution in [2.75, 3.05) is 33.9 Å². The van der Waals surface area contributed by atoms with Gasteiger partial charge in [-0.25, -0.2) is 0 Å². The first-order valence-corrected chi connectivity index (χ1v) is 8.30. The van der Waals surface area contributed by atoms with Gasteiger partial charge in [0.2, 0.25) is 5.91 Å². The second-order valence-corrected chi connectivity index (χ2v) is 6.67.